The highest BCUT2D eigenvalue weighted by atomic mass is 15.0. The molecule has 2 atom stereocenters. The van der Waals surface area contributed by atoms with Crippen LogP contribution in [0.15, 0.2) is 24.3 Å². The molecule has 1 aromatic carbocycles. The Balaban J connectivity index is 2.06. The molecule has 0 aliphatic carbocycles. The SMILES string of the molecule is CCC(C)CNC(C)c1nc2ccccc2[nH]1. The molecule has 0 aliphatic heterocycles. The molecule has 3 nitrogen and oxygen atoms in total. The van der Waals surface area contributed by atoms with Gasteiger partial charge in [-0.25, -0.2) is 4.98 Å². The van der Waals surface area contributed by atoms with Gasteiger partial charge < -0.3 is 10.3 Å². The lowest BCUT2D eigenvalue weighted by Crippen LogP contribution is -2.24. The zero-order valence-corrected chi connectivity index (χ0v) is 10.8. The van der Waals surface area contributed by atoms with Gasteiger partial charge in [-0.3, -0.25) is 0 Å². The highest BCUT2D eigenvalue weighted by molar-refractivity contribution is 5.74. The third-order valence-corrected chi connectivity index (χ3v) is 3.29. The van der Waals surface area contributed by atoms with Gasteiger partial charge in [-0.15, -0.1) is 0 Å². The van der Waals surface area contributed by atoms with Crippen molar-refractivity contribution < 1.29 is 0 Å². The van der Waals surface area contributed by atoms with Crippen molar-refractivity contribution in [1.29, 1.82) is 0 Å². The van der Waals surface area contributed by atoms with Crippen LogP contribution in [0.1, 0.15) is 39.1 Å². The Labute approximate surface area is 103 Å². The molecule has 0 fully saturated rings. The standard InChI is InChI=1S/C14H21N3/c1-4-10(2)9-15-11(3)14-16-12-7-5-6-8-13(12)17-14/h5-8,10-11,15H,4,9H2,1-3H3,(H,16,17). The molecular formula is C14H21N3. The third-order valence-electron chi connectivity index (χ3n) is 3.29. The largest absolute Gasteiger partial charge is 0.341 e. The van der Waals surface area contributed by atoms with E-state index < -0.39 is 0 Å². The summed E-state index contributed by atoms with van der Waals surface area (Å²) in [6.45, 7) is 7.67. The molecule has 0 bridgehead atoms. The Morgan fingerprint density at radius 1 is 1.29 bits per heavy atom. The van der Waals surface area contributed by atoms with Crippen molar-refractivity contribution >= 4 is 11.0 Å². The van der Waals surface area contributed by atoms with Gasteiger partial charge in [0.15, 0.2) is 0 Å². The van der Waals surface area contributed by atoms with Gasteiger partial charge in [0.2, 0.25) is 0 Å². The summed E-state index contributed by atoms with van der Waals surface area (Å²) in [5.41, 5.74) is 2.15. The number of imidazole rings is 1. The summed E-state index contributed by atoms with van der Waals surface area (Å²) in [6, 6.07) is 8.42. The lowest BCUT2D eigenvalue weighted by atomic mass is 10.1. The second-order valence-corrected chi connectivity index (χ2v) is 4.78. The van der Waals surface area contributed by atoms with Gasteiger partial charge >= 0.3 is 0 Å². The van der Waals surface area contributed by atoms with Crippen LogP contribution in [0.4, 0.5) is 0 Å². The van der Waals surface area contributed by atoms with E-state index in [1.54, 1.807) is 0 Å². The molecule has 0 spiro atoms. The lowest BCUT2D eigenvalue weighted by molar-refractivity contribution is 0.453. The Bertz CT molecular complexity index is 442. The summed E-state index contributed by atoms with van der Waals surface area (Å²) in [5, 5.41) is 3.52. The molecule has 2 aromatic rings. The molecule has 0 amide bonds. The number of aromatic amines is 1. The van der Waals surface area contributed by atoms with E-state index in [4.69, 9.17) is 0 Å². The highest BCUT2D eigenvalue weighted by Gasteiger charge is 2.10. The molecule has 0 aliphatic rings. The zero-order chi connectivity index (χ0) is 12.3. The minimum atomic E-state index is 0.274. The van der Waals surface area contributed by atoms with Crippen LogP contribution in [-0.4, -0.2) is 16.5 Å². The summed E-state index contributed by atoms with van der Waals surface area (Å²) in [4.78, 5) is 7.96. The minimum absolute atomic E-state index is 0.274. The van der Waals surface area contributed by atoms with Gasteiger partial charge in [-0.1, -0.05) is 32.4 Å². The number of para-hydroxylation sites is 2. The van der Waals surface area contributed by atoms with Crippen molar-refractivity contribution in [2.24, 2.45) is 5.92 Å². The smallest absolute Gasteiger partial charge is 0.124 e. The average molecular weight is 231 g/mol. The van der Waals surface area contributed by atoms with Crippen LogP contribution < -0.4 is 5.32 Å². The summed E-state index contributed by atoms with van der Waals surface area (Å²) in [5.74, 6) is 1.73. The number of hydrogen-bond acceptors (Lipinski definition) is 2. The lowest BCUT2D eigenvalue weighted by Gasteiger charge is -2.14. The number of fused-ring (bicyclic) bond motifs is 1. The fourth-order valence-corrected chi connectivity index (χ4v) is 1.80. The van der Waals surface area contributed by atoms with Gasteiger partial charge in [0.05, 0.1) is 17.1 Å². The first-order valence-electron chi connectivity index (χ1n) is 6.38. The van der Waals surface area contributed by atoms with Crippen molar-refractivity contribution in [2.75, 3.05) is 6.54 Å². The van der Waals surface area contributed by atoms with Crippen molar-refractivity contribution in [1.82, 2.24) is 15.3 Å². The first-order chi connectivity index (χ1) is 8.20. The summed E-state index contributed by atoms with van der Waals surface area (Å²) in [6.07, 6.45) is 1.21. The molecule has 92 valence electrons. The molecule has 0 saturated carbocycles. The number of nitrogens with zero attached hydrogens (tertiary/aromatic N) is 1. The van der Waals surface area contributed by atoms with E-state index in [0.29, 0.717) is 5.92 Å². The quantitative estimate of drug-likeness (QED) is 0.829. The van der Waals surface area contributed by atoms with Crippen molar-refractivity contribution in [3.8, 4) is 0 Å². The molecule has 0 radical (unpaired) electrons. The second kappa shape index (κ2) is 5.32. The van der Waals surface area contributed by atoms with E-state index in [-0.39, 0.29) is 6.04 Å². The average Bonchev–Trinajstić information content (AvgIpc) is 2.79. The van der Waals surface area contributed by atoms with Crippen LogP contribution >= 0.6 is 0 Å². The van der Waals surface area contributed by atoms with Gasteiger partial charge in [0.1, 0.15) is 5.82 Å². The number of H-pyrrole nitrogens is 1. The highest BCUT2D eigenvalue weighted by Crippen LogP contribution is 2.15. The monoisotopic (exact) mass is 231 g/mol. The Morgan fingerprint density at radius 2 is 2.06 bits per heavy atom. The Morgan fingerprint density at radius 3 is 2.76 bits per heavy atom. The van der Waals surface area contributed by atoms with Crippen molar-refractivity contribution in [2.45, 2.75) is 33.2 Å². The van der Waals surface area contributed by atoms with Crippen LogP contribution in [0.25, 0.3) is 11.0 Å². The van der Waals surface area contributed by atoms with Gasteiger partial charge in [-0.05, 0) is 31.5 Å². The van der Waals surface area contributed by atoms with Crippen LogP contribution in [0.5, 0.6) is 0 Å². The predicted molar refractivity (Wildman–Crippen MR) is 72.0 cm³/mol. The topological polar surface area (TPSA) is 40.7 Å². The number of hydrogen-bond donors (Lipinski definition) is 2. The van der Waals surface area contributed by atoms with Crippen molar-refractivity contribution in [3.05, 3.63) is 30.1 Å². The van der Waals surface area contributed by atoms with Gasteiger partial charge in [-0.2, -0.15) is 0 Å². The van der Waals surface area contributed by atoms with E-state index in [1.807, 2.05) is 18.2 Å². The molecule has 17 heavy (non-hydrogen) atoms. The van der Waals surface area contributed by atoms with Gasteiger partial charge in [0, 0.05) is 0 Å². The number of benzene rings is 1. The third kappa shape index (κ3) is 2.86. The van der Waals surface area contributed by atoms with E-state index >= 15 is 0 Å². The minimum Gasteiger partial charge on any atom is -0.341 e. The van der Waals surface area contributed by atoms with E-state index in [1.165, 1.54) is 6.42 Å². The van der Waals surface area contributed by atoms with Crippen LogP contribution in [0.3, 0.4) is 0 Å². The first-order valence-corrected chi connectivity index (χ1v) is 6.38. The second-order valence-electron chi connectivity index (χ2n) is 4.78. The van der Waals surface area contributed by atoms with Crippen LogP contribution in [-0.2, 0) is 0 Å². The molecule has 2 N–H and O–H groups in total. The Kier molecular flexibility index (Phi) is 3.79. The maximum Gasteiger partial charge on any atom is 0.124 e. The molecule has 2 unspecified atom stereocenters. The van der Waals surface area contributed by atoms with Crippen LogP contribution in [0.2, 0.25) is 0 Å². The van der Waals surface area contributed by atoms with Gasteiger partial charge in [0.25, 0.3) is 0 Å². The molecule has 1 heterocycles. The van der Waals surface area contributed by atoms with E-state index in [9.17, 15) is 0 Å². The van der Waals surface area contributed by atoms with E-state index in [2.05, 4.69) is 42.1 Å². The zero-order valence-electron chi connectivity index (χ0n) is 10.8. The number of nitrogens with one attached hydrogen (secondary N) is 2. The summed E-state index contributed by atoms with van der Waals surface area (Å²) >= 11 is 0. The Hall–Kier alpha value is -1.35. The normalized spacial score (nSPS) is 15.0. The maximum atomic E-state index is 4.60. The molecular weight excluding hydrogens is 210 g/mol. The molecule has 3 heteroatoms. The molecule has 2 rings (SSSR count). The van der Waals surface area contributed by atoms with Crippen LogP contribution in [0, 0.1) is 5.92 Å². The fraction of sp³-hybridized carbons (Fsp3) is 0.500. The van der Waals surface area contributed by atoms with Crippen molar-refractivity contribution in [3.63, 3.8) is 0 Å². The van der Waals surface area contributed by atoms with E-state index in [0.717, 1.165) is 23.4 Å². The molecule has 1 aromatic heterocycles. The molecule has 0 saturated heterocycles. The predicted octanol–water partition coefficient (Wildman–Crippen LogP) is 3.26. The fourth-order valence-electron chi connectivity index (χ4n) is 1.80. The first kappa shape index (κ1) is 12.1. The summed E-state index contributed by atoms with van der Waals surface area (Å²) in [7, 11) is 0. The number of aromatic nitrogens is 2. The summed E-state index contributed by atoms with van der Waals surface area (Å²) < 4.78 is 0. The number of rotatable bonds is 5. The maximum absolute atomic E-state index is 4.60.